The van der Waals surface area contributed by atoms with Gasteiger partial charge >= 0.3 is 0 Å². The van der Waals surface area contributed by atoms with Crippen molar-refractivity contribution in [3.8, 4) is 5.75 Å². The fourth-order valence-electron chi connectivity index (χ4n) is 4.36. The number of amides is 1. The number of benzene rings is 2. The maximum absolute atomic E-state index is 13.5. The lowest BCUT2D eigenvalue weighted by Crippen LogP contribution is -2.34. The molecule has 0 aliphatic carbocycles. The minimum atomic E-state index is -3.69. The number of anilines is 1. The zero-order valence-electron chi connectivity index (χ0n) is 20.7. The molecule has 9 heteroatoms. The van der Waals surface area contributed by atoms with Gasteiger partial charge in [-0.2, -0.15) is 0 Å². The number of ether oxygens (including phenoxy) is 1. The quantitative estimate of drug-likeness (QED) is 0.488. The lowest BCUT2D eigenvalue weighted by atomic mass is 10.1. The van der Waals surface area contributed by atoms with E-state index in [4.69, 9.17) is 9.15 Å². The third kappa shape index (κ3) is 5.16. The summed E-state index contributed by atoms with van der Waals surface area (Å²) in [6, 6.07) is 11.9. The van der Waals surface area contributed by atoms with E-state index in [1.54, 1.807) is 12.1 Å². The molecule has 0 bridgehead atoms. The van der Waals surface area contributed by atoms with Gasteiger partial charge in [0.1, 0.15) is 5.76 Å². The summed E-state index contributed by atoms with van der Waals surface area (Å²) in [4.78, 5) is 15.8. The van der Waals surface area contributed by atoms with Crippen molar-refractivity contribution in [2.45, 2.75) is 44.0 Å². The number of nitrogens with one attached hydrogen (secondary N) is 1. The highest BCUT2D eigenvalue weighted by atomic mass is 32.2. The Labute approximate surface area is 206 Å². The van der Waals surface area contributed by atoms with Crippen LogP contribution < -0.4 is 15.0 Å². The summed E-state index contributed by atoms with van der Waals surface area (Å²) < 4.78 is 38.4. The van der Waals surface area contributed by atoms with Crippen LogP contribution in [0, 0.1) is 0 Å². The molecule has 1 amide bonds. The van der Waals surface area contributed by atoms with Gasteiger partial charge in [0.2, 0.25) is 10.0 Å². The van der Waals surface area contributed by atoms with Crippen LogP contribution in [0.2, 0.25) is 0 Å². The van der Waals surface area contributed by atoms with Gasteiger partial charge in [0.05, 0.1) is 23.1 Å². The van der Waals surface area contributed by atoms with Gasteiger partial charge in [-0.1, -0.05) is 12.1 Å². The molecule has 1 N–H and O–H groups in total. The summed E-state index contributed by atoms with van der Waals surface area (Å²) in [6.07, 6.45) is 3.23. The molecule has 1 aliphatic heterocycles. The molecular formula is C26H33N3O5S. The van der Waals surface area contributed by atoms with Crippen molar-refractivity contribution >= 4 is 32.6 Å². The van der Waals surface area contributed by atoms with Gasteiger partial charge in [-0.25, -0.2) is 12.7 Å². The third-order valence-electron chi connectivity index (χ3n) is 6.29. The maximum Gasteiger partial charge on any atom is 0.254 e. The van der Waals surface area contributed by atoms with Gasteiger partial charge in [0.15, 0.2) is 11.3 Å². The van der Waals surface area contributed by atoms with Crippen molar-refractivity contribution in [2.24, 2.45) is 0 Å². The first-order valence-corrected chi connectivity index (χ1v) is 13.4. The topological polar surface area (TPSA) is 92.1 Å². The Balaban J connectivity index is 1.66. The molecule has 1 unspecified atom stereocenters. The smallest absolute Gasteiger partial charge is 0.254 e. The highest BCUT2D eigenvalue weighted by molar-refractivity contribution is 7.89. The number of carbonyl (C=O) groups excluding carboxylic acids is 1. The maximum atomic E-state index is 13.5. The molecule has 4 rings (SSSR count). The highest BCUT2D eigenvalue weighted by Crippen LogP contribution is 2.32. The molecule has 1 atom stereocenters. The van der Waals surface area contributed by atoms with Crippen LogP contribution in [-0.2, 0) is 10.0 Å². The molecule has 35 heavy (non-hydrogen) atoms. The molecule has 2 aromatic carbocycles. The SMILES string of the molecule is CCOc1cccc2cc(C(C)NC(=O)c3cc(S(=O)(=O)N(C)C)ccc3N3CCCCC3)oc12. The minimum Gasteiger partial charge on any atom is -0.490 e. The number of fused-ring (bicyclic) bond motifs is 1. The van der Waals surface area contributed by atoms with E-state index in [0.717, 1.165) is 47.7 Å². The standard InChI is InChI=1S/C26H33N3O5S/c1-5-33-23-11-9-10-19-16-24(34-25(19)23)18(2)27-26(30)21-17-20(35(31,32)28(3)4)12-13-22(21)29-14-7-6-8-15-29/h9-13,16-18H,5-8,14-15H2,1-4H3,(H,27,30). The largest absolute Gasteiger partial charge is 0.490 e. The number of sulfonamides is 1. The molecule has 0 spiro atoms. The van der Waals surface area contributed by atoms with Gasteiger partial charge < -0.3 is 19.4 Å². The number of carbonyl (C=O) groups is 1. The van der Waals surface area contributed by atoms with Crippen LogP contribution in [-0.4, -0.2) is 52.4 Å². The molecular weight excluding hydrogens is 466 g/mol. The zero-order valence-corrected chi connectivity index (χ0v) is 21.5. The zero-order chi connectivity index (χ0) is 25.2. The van der Waals surface area contributed by atoms with E-state index >= 15 is 0 Å². The monoisotopic (exact) mass is 499 g/mol. The molecule has 1 aromatic heterocycles. The molecule has 8 nitrogen and oxygen atoms in total. The molecule has 1 aliphatic rings. The Morgan fingerprint density at radius 3 is 2.57 bits per heavy atom. The second kappa shape index (κ2) is 10.3. The van der Waals surface area contributed by atoms with Crippen LogP contribution in [0.15, 0.2) is 51.8 Å². The third-order valence-corrected chi connectivity index (χ3v) is 8.10. The Morgan fingerprint density at radius 2 is 1.89 bits per heavy atom. The first-order chi connectivity index (χ1) is 16.7. The fraction of sp³-hybridized carbons (Fsp3) is 0.423. The normalized spacial score (nSPS) is 15.4. The van der Waals surface area contributed by atoms with Gasteiger partial charge in [-0.15, -0.1) is 0 Å². The van der Waals surface area contributed by atoms with Gasteiger partial charge in [-0.3, -0.25) is 4.79 Å². The van der Waals surface area contributed by atoms with E-state index in [2.05, 4.69) is 10.2 Å². The Hall–Kier alpha value is -3.04. The summed E-state index contributed by atoms with van der Waals surface area (Å²) in [5, 5.41) is 3.89. The Kier molecular flexibility index (Phi) is 7.37. The molecule has 0 saturated carbocycles. The highest BCUT2D eigenvalue weighted by Gasteiger charge is 2.25. The summed E-state index contributed by atoms with van der Waals surface area (Å²) in [5.41, 5.74) is 1.72. The van der Waals surface area contributed by atoms with Crippen molar-refractivity contribution in [1.82, 2.24) is 9.62 Å². The predicted molar refractivity (Wildman–Crippen MR) is 137 cm³/mol. The number of para-hydroxylation sites is 1. The molecule has 3 aromatic rings. The van der Waals surface area contributed by atoms with Crippen molar-refractivity contribution in [3.63, 3.8) is 0 Å². The summed E-state index contributed by atoms with van der Waals surface area (Å²) in [6.45, 7) is 5.94. The predicted octanol–water partition coefficient (Wildman–Crippen LogP) is 4.56. The lowest BCUT2D eigenvalue weighted by molar-refractivity contribution is 0.0936. The summed E-state index contributed by atoms with van der Waals surface area (Å²) in [7, 11) is -0.726. The van der Waals surface area contributed by atoms with E-state index in [0.29, 0.717) is 29.3 Å². The van der Waals surface area contributed by atoms with Gasteiger partial charge in [-0.05, 0) is 63.4 Å². The van der Waals surface area contributed by atoms with Crippen molar-refractivity contribution in [3.05, 3.63) is 53.8 Å². The van der Waals surface area contributed by atoms with Crippen LogP contribution in [0.5, 0.6) is 5.75 Å². The average molecular weight is 500 g/mol. The molecule has 1 fully saturated rings. The number of rotatable bonds is 8. The van der Waals surface area contributed by atoms with Gasteiger partial charge in [0.25, 0.3) is 5.91 Å². The van der Waals surface area contributed by atoms with Crippen molar-refractivity contribution in [2.75, 3.05) is 38.7 Å². The number of nitrogens with zero attached hydrogens (tertiary/aromatic N) is 2. The van der Waals surface area contributed by atoms with E-state index in [9.17, 15) is 13.2 Å². The lowest BCUT2D eigenvalue weighted by Gasteiger charge is -2.31. The number of hydrogen-bond acceptors (Lipinski definition) is 6. The average Bonchev–Trinajstić information content (AvgIpc) is 3.30. The molecule has 1 saturated heterocycles. The first-order valence-electron chi connectivity index (χ1n) is 12.0. The van der Waals surface area contributed by atoms with E-state index in [1.165, 1.54) is 20.2 Å². The fourth-order valence-corrected chi connectivity index (χ4v) is 5.29. The minimum absolute atomic E-state index is 0.0890. The van der Waals surface area contributed by atoms with Crippen LogP contribution in [0.4, 0.5) is 5.69 Å². The van der Waals surface area contributed by atoms with Crippen LogP contribution in [0.3, 0.4) is 0 Å². The molecule has 0 radical (unpaired) electrons. The summed E-state index contributed by atoms with van der Waals surface area (Å²) in [5.74, 6) is 0.903. The summed E-state index contributed by atoms with van der Waals surface area (Å²) >= 11 is 0. The van der Waals surface area contributed by atoms with Crippen molar-refractivity contribution < 1.29 is 22.4 Å². The van der Waals surface area contributed by atoms with Crippen LogP contribution in [0.25, 0.3) is 11.0 Å². The number of hydrogen-bond donors (Lipinski definition) is 1. The van der Waals surface area contributed by atoms with Gasteiger partial charge in [0, 0.05) is 38.3 Å². The van der Waals surface area contributed by atoms with Crippen molar-refractivity contribution in [1.29, 1.82) is 0 Å². The van der Waals surface area contributed by atoms with Crippen LogP contribution in [0.1, 0.15) is 55.3 Å². The molecule has 188 valence electrons. The number of piperidine rings is 1. The van der Waals surface area contributed by atoms with E-state index in [1.807, 2.05) is 38.1 Å². The Morgan fingerprint density at radius 1 is 1.14 bits per heavy atom. The van der Waals surface area contributed by atoms with E-state index in [-0.39, 0.29) is 10.8 Å². The van der Waals surface area contributed by atoms with Crippen LogP contribution >= 0.6 is 0 Å². The Bertz CT molecular complexity index is 1310. The first kappa shape index (κ1) is 25.1. The van der Waals surface area contributed by atoms with E-state index < -0.39 is 16.1 Å². The second-order valence-electron chi connectivity index (χ2n) is 8.97. The second-order valence-corrected chi connectivity index (χ2v) is 11.1. The number of furan rings is 1. The molecule has 2 heterocycles.